The topological polar surface area (TPSA) is 82.1 Å². The molecule has 1 saturated heterocycles. The molecule has 38 heavy (non-hydrogen) atoms. The molecule has 0 aromatic heterocycles. The number of hydrogen-bond acceptors (Lipinski definition) is 6. The number of phenols is 1. The number of aromatic hydroxyl groups is 1. The van der Waals surface area contributed by atoms with Crippen molar-refractivity contribution >= 4 is 44.1 Å². The van der Waals surface area contributed by atoms with E-state index in [-0.39, 0.29) is 30.8 Å². The molecule has 0 spiro atoms. The number of benzene rings is 3. The Balaban J connectivity index is 1.41. The fourth-order valence-corrected chi connectivity index (χ4v) is 7.65. The maximum atomic E-state index is 12.9. The van der Waals surface area contributed by atoms with Crippen molar-refractivity contribution in [2.45, 2.75) is 24.2 Å². The average molecular weight is 645 g/mol. The second-order valence-corrected chi connectivity index (χ2v) is 12.8. The molecule has 1 fully saturated rings. The molecule has 0 bridgehead atoms. The molecule has 2 atom stereocenters. The zero-order valence-electron chi connectivity index (χ0n) is 21.0. The average Bonchev–Trinajstić information content (AvgIpc) is 3.47. The lowest BCUT2D eigenvalue weighted by atomic mass is 9.93. The highest BCUT2D eigenvalue weighted by molar-refractivity contribution is 14.1. The number of methoxy groups -OCH3 is 1. The van der Waals surface area contributed by atoms with E-state index in [1.54, 1.807) is 0 Å². The van der Waals surface area contributed by atoms with Gasteiger partial charge in [-0.1, -0.05) is 54.6 Å². The van der Waals surface area contributed by atoms with Gasteiger partial charge in [-0.3, -0.25) is 0 Å². The van der Waals surface area contributed by atoms with Gasteiger partial charge in [-0.15, -0.1) is 0 Å². The highest BCUT2D eigenvalue weighted by atomic mass is 127. The second-order valence-electron chi connectivity index (χ2n) is 9.41. The van der Waals surface area contributed by atoms with Gasteiger partial charge in [0, 0.05) is 0 Å². The third-order valence-corrected chi connectivity index (χ3v) is 9.78. The summed E-state index contributed by atoms with van der Waals surface area (Å²) in [7, 11) is -1.76. The zero-order valence-corrected chi connectivity index (χ0v) is 23.9. The van der Waals surface area contributed by atoms with Gasteiger partial charge >= 0.3 is 0 Å². The van der Waals surface area contributed by atoms with Crippen LogP contribution in [0.4, 0.5) is 0 Å². The Labute approximate surface area is 237 Å². The second kappa shape index (κ2) is 11.5. The van der Waals surface area contributed by atoms with Crippen molar-refractivity contribution in [2.75, 3.05) is 26.1 Å². The van der Waals surface area contributed by atoms with Gasteiger partial charge in [-0.2, -0.15) is 0 Å². The molecule has 2 aliphatic heterocycles. The molecular weight excluding hydrogens is 615 g/mol. The first-order valence-corrected chi connectivity index (χ1v) is 15.2. The van der Waals surface area contributed by atoms with Crippen LogP contribution in [0.3, 0.4) is 0 Å². The molecule has 0 unspecified atom stereocenters. The molecule has 2 aliphatic rings. The quantitative estimate of drug-likeness (QED) is 0.178. The van der Waals surface area contributed by atoms with Crippen molar-refractivity contribution in [1.29, 1.82) is 0 Å². The van der Waals surface area contributed by atoms with Crippen molar-refractivity contribution in [3.05, 3.63) is 98.6 Å². The van der Waals surface area contributed by atoms with Gasteiger partial charge in [-0.05, 0) is 87.5 Å². The summed E-state index contributed by atoms with van der Waals surface area (Å²) >= 11 is 2.09. The van der Waals surface area contributed by atoms with Gasteiger partial charge in [-0.25, -0.2) is 8.42 Å². The highest BCUT2D eigenvalue weighted by Crippen LogP contribution is 2.40. The Morgan fingerprint density at radius 1 is 1.11 bits per heavy atom. The Hall–Kier alpha value is -2.82. The molecule has 0 radical (unpaired) electrons. The summed E-state index contributed by atoms with van der Waals surface area (Å²) < 4.78 is 43.9. The van der Waals surface area contributed by atoms with E-state index in [2.05, 4.69) is 40.8 Å². The van der Waals surface area contributed by atoms with Crippen LogP contribution in [0.25, 0.3) is 11.6 Å². The zero-order chi connectivity index (χ0) is 26.7. The van der Waals surface area contributed by atoms with E-state index in [1.165, 1.54) is 7.11 Å². The van der Waals surface area contributed by atoms with Gasteiger partial charge < -0.3 is 19.3 Å². The predicted molar refractivity (Wildman–Crippen MR) is 157 cm³/mol. The lowest BCUT2D eigenvalue weighted by molar-refractivity contribution is 0.118. The Morgan fingerprint density at radius 2 is 1.82 bits per heavy atom. The summed E-state index contributed by atoms with van der Waals surface area (Å²) in [5, 5.41) is 9.67. The van der Waals surface area contributed by atoms with E-state index < -0.39 is 15.1 Å². The summed E-state index contributed by atoms with van der Waals surface area (Å²) in [4.78, 5) is 0. The third-order valence-electron chi connectivity index (χ3n) is 6.95. The molecule has 0 aliphatic carbocycles. The normalized spacial score (nSPS) is 20.4. The summed E-state index contributed by atoms with van der Waals surface area (Å²) in [6.45, 7) is 0.428. The first-order chi connectivity index (χ1) is 18.4. The molecule has 0 saturated carbocycles. The molecule has 5 rings (SSSR count). The summed E-state index contributed by atoms with van der Waals surface area (Å²) in [6, 6.07) is 23.3. The standard InChI is InChI=1S/C30H29IO6S/c1-35-27-16-20(15-25(31)30(27)32)14-22(21-8-4-2-5-9-21)12-13-26-29-23(17-36-24-10-6-3-7-11-24)19-38(33,34)28(29)18-37-26/h2-11,14-16,26,28,32H,12-13,17-19H2,1H3/b22-14-/t26-,28+/m1/s1. The molecule has 6 nitrogen and oxygen atoms in total. The van der Waals surface area contributed by atoms with Gasteiger partial charge in [0.25, 0.3) is 0 Å². The van der Waals surface area contributed by atoms with Gasteiger partial charge in [0.2, 0.25) is 0 Å². The molecule has 0 amide bonds. The molecule has 3 aromatic carbocycles. The van der Waals surface area contributed by atoms with Crippen molar-refractivity contribution in [3.63, 3.8) is 0 Å². The fraction of sp³-hybridized carbons (Fsp3) is 0.267. The van der Waals surface area contributed by atoms with Crippen LogP contribution >= 0.6 is 22.6 Å². The number of hydrogen-bond donors (Lipinski definition) is 1. The molecule has 198 valence electrons. The van der Waals surface area contributed by atoms with E-state index in [0.29, 0.717) is 27.9 Å². The van der Waals surface area contributed by atoms with Crippen molar-refractivity contribution in [2.24, 2.45) is 0 Å². The number of sulfone groups is 1. The van der Waals surface area contributed by atoms with Crippen LogP contribution in [-0.2, 0) is 14.6 Å². The van der Waals surface area contributed by atoms with Crippen LogP contribution in [0.2, 0.25) is 0 Å². The molecular formula is C30H29IO6S. The Bertz CT molecular complexity index is 1470. The van der Waals surface area contributed by atoms with E-state index in [0.717, 1.165) is 27.8 Å². The first-order valence-electron chi connectivity index (χ1n) is 12.4. The van der Waals surface area contributed by atoms with E-state index >= 15 is 0 Å². The van der Waals surface area contributed by atoms with Crippen LogP contribution in [-0.4, -0.2) is 51.0 Å². The van der Waals surface area contributed by atoms with Crippen molar-refractivity contribution in [3.8, 4) is 17.2 Å². The minimum atomic E-state index is -3.30. The number of allylic oxidation sites excluding steroid dienone is 1. The van der Waals surface area contributed by atoms with Crippen LogP contribution < -0.4 is 9.47 Å². The number of fused-ring (bicyclic) bond motifs is 1. The highest BCUT2D eigenvalue weighted by Gasteiger charge is 2.47. The predicted octanol–water partition coefficient (Wildman–Crippen LogP) is 5.90. The number of halogens is 1. The van der Waals surface area contributed by atoms with Crippen LogP contribution in [0.5, 0.6) is 17.2 Å². The number of phenolic OH excluding ortho intramolecular Hbond substituents is 1. The monoisotopic (exact) mass is 644 g/mol. The molecule has 1 N–H and O–H groups in total. The molecule has 2 heterocycles. The maximum Gasteiger partial charge on any atom is 0.171 e. The van der Waals surface area contributed by atoms with Crippen molar-refractivity contribution < 1.29 is 27.7 Å². The van der Waals surface area contributed by atoms with Gasteiger partial charge in [0.15, 0.2) is 21.3 Å². The van der Waals surface area contributed by atoms with E-state index in [4.69, 9.17) is 14.2 Å². The fourth-order valence-electron chi connectivity index (χ4n) is 5.09. The van der Waals surface area contributed by atoms with Gasteiger partial charge in [0.1, 0.15) is 17.6 Å². The lowest BCUT2D eigenvalue weighted by Gasteiger charge is -2.16. The first kappa shape index (κ1) is 26.8. The Morgan fingerprint density at radius 3 is 2.53 bits per heavy atom. The Kier molecular flexibility index (Phi) is 8.11. The molecule has 8 heteroatoms. The number of ether oxygens (including phenoxy) is 3. The van der Waals surface area contributed by atoms with Gasteiger partial charge in [0.05, 0.1) is 29.1 Å². The van der Waals surface area contributed by atoms with Crippen LogP contribution in [0, 0.1) is 3.57 Å². The summed E-state index contributed by atoms with van der Waals surface area (Å²) in [6.07, 6.45) is 3.12. The summed E-state index contributed by atoms with van der Waals surface area (Å²) in [5.74, 6) is 1.27. The largest absolute Gasteiger partial charge is 0.504 e. The van der Waals surface area contributed by atoms with Crippen LogP contribution in [0.15, 0.2) is 83.9 Å². The SMILES string of the molecule is COc1cc(/C=C(/CC[C@H]2OC[C@H]3C2=C(COc2ccccc2)CS3(=O)=O)c2ccccc2)cc(I)c1O. The molecule has 3 aromatic rings. The lowest BCUT2D eigenvalue weighted by Crippen LogP contribution is -2.19. The van der Waals surface area contributed by atoms with Crippen molar-refractivity contribution in [1.82, 2.24) is 0 Å². The summed E-state index contributed by atoms with van der Waals surface area (Å²) in [5.41, 5.74) is 4.75. The smallest absolute Gasteiger partial charge is 0.171 e. The van der Waals surface area contributed by atoms with Crippen LogP contribution in [0.1, 0.15) is 24.0 Å². The van der Waals surface area contributed by atoms with E-state index in [1.807, 2.05) is 60.7 Å². The third kappa shape index (κ3) is 5.77. The number of rotatable bonds is 9. The minimum Gasteiger partial charge on any atom is -0.504 e. The minimum absolute atomic E-state index is 0.0206. The maximum absolute atomic E-state index is 12.9. The van der Waals surface area contributed by atoms with E-state index in [9.17, 15) is 13.5 Å². The number of para-hydroxylation sites is 1.